The molecule has 6 rings (SSSR count). The first kappa shape index (κ1) is 25.1. The maximum absolute atomic E-state index is 12.9. The van der Waals surface area contributed by atoms with Crippen LogP contribution in [0.3, 0.4) is 0 Å². The Bertz CT molecular complexity index is 1290. The largest absolute Gasteiger partial charge is 0.486 e. The van der Waals surface area contributed by atoms with Crippen LogP contribution in [-0.4, -0.2) is 89.6 Å². The highest BCUT2D eigenvalue weighted by molar-refractivity contribution is 5.75. The third kappa shape index (κ3) is 4.83. The number of ether oxygens (including phenoxy) is 2. The van der Waals surface area contributed by atoms with Crippen molar-refractivity contribution in [2.75, 3.05) is 68.5 Å². The van der Waals surface area contributed by atoms with Gasteiger partial charge < -0.3 is 30.1 Å². The average molecular weight is 530 g/mol. The molecule has 3 N–H and O–H groups in total. The van der Waals surface area contributed by atoms with Crippen LogP contribution in [0.25, 0.3) is 5.65 Å². The van der Waals surface area contributed by atoms with Gasteiger partial charge in [0.25, 0.3) is 6.43 Å². The van der Waals surface area contributed by atoms with E-state index in [2.05, 4.69) is 31.7 Å². The number of anilines is 3. The number of aliphatic hydroxyl groups excluding tert-OH is 1. The van der Waals surface area contributed by atoms with Crippen LogP contribution in [0.2, 0.25) is 0 Å². The van der Waals surface area contributed by atoms with E-state index in [0.29, 0.717) is 50.6 Å². The van der Waals surface area contributed by atoms with E-state index in [0.717, 1.165) is 47.6 Å². The summed E-state index contributed by atoms with van der Waals surface area (Å²) in [7, 11) is 1.81. The van der Waals surface area contributed by atoms with Gasteiger partial charge >= 0.3 is 0 Å². The van der Waals surface area contributed by atoms with Crippen molar-refractivity contribution in [3.8, 4) is 5.75 Å². The number of benzene rings is 1. The third-order valence-electron chi connectivity index (χ3n) is 7.79. The van der Waals surface area contributed by atoms with Crippen LogP contribution >= 0.6 is 0 Å². The van der Waals surface area contributed by atoms with E-state index in [1.165, 1.54) is 0 Å². The number of nitrogens with zero attached hydrogens (tertiary/aromatic N) is 5. The van der Waals surface area contributed by atoms with E-state index in [1.54, 1.807) is 28.9 Å². The zero-order valence-electron chi connectivity index (χ0n) is 21.4. The minimum absolute atomic E-state index is 0.216. The van der Waals surface area contributed by atoms with E-state index >= 15 is 0 Å². The fraction of sp³-hybridized carbons (Fsp3) is 0.538. The number of hydrogen-bond acceptors (Lipinski definition) is 9. The van der Waals surface area contributed by atoms with E-state index in [9.17, 15) is 13.9 Å². The van der Waals surface area contributed by atoms with Crippen molar-refractivity contribution in [3.05, 3.63) is 41.9 Å². The summed E-state index contributed by atoms with van der Waals surface area (Å²) < 4.78 is 39.6. The topological polar surface area (TPSA) is 99.4 Å². The van der Waals surface area contributed by atoms with E-state index in [4.69, 9.17) is 9.47 Å². The molecule has 2 saturated heterocycles. The number of alkyl halides is 2. The molecule has 1 unspecified atom stereocenters. The first-order chi connectivity index (χ1) is 18.4. The lowest BCUT2D eigenvalue weighted by Gasteiger charge is -2.37. The standard InChI is InChI=1S/C26H33F2N7O3/c1-29-18-13-30-24-19(14-31-35(24)15-18)25(36)32-20-10-17-12-26(2-8-37-9-3-26)38-22(17)11-21(20)34-6-4-33(5-7-34)16-23(27)28/h10-11,13-15,23,25,29,32,36H,2-9,12,16H2,1H3. The number of aliphatic hydroxyl groups is 1. The molecule has 5 heterocycles. The molecule has 2 fully saturated rings. The molecule has 1 aromatic carbocycles. The van der Waals surface area contributed by atoms with Gasteiger partial charge in [0.2, 0.25) is 0 Å². The Labute approximate surface area is 219 Å². The van der Waals surface area contributed by atoms with Crippen molar-refractivity contribution in [2.45, 2.75) is 37.5 Å². The maximum atomic E-state index is 12.9. The predicted molar refractivity (Wildman–Crippen MR) is 139 cm³/mol. The molecule has 204 valence electrons. The first-order valence-electron chi connectivity index (χ1n) is 13.1. The molecular weight excluding hydrogens is 496 g/mol. The van der Waals surface area contributed by atoms with Gasteiger partial charge in [-0.25, -0.2) is 18.3 Å². The molecule has 3 aliphatic heterocycles. The Hall–Kier alpha value is -3.22. The zero-order valence-corrected chi connectivity index (χ0v) is 21.4. The van der Waals surface area contributed by atoms with Crippen LogP contribution in [0.4, 0.5) is 25.8 Å². The van der Waals surface area contributed by atoms with E-state index < -0.39 is 12.7 Å². The van der Waals surface area contributed by atoms with Crippen LogP contribution in [0.15, 0.2) is 30.7 Å². The average Bonchev–Trinajstić information content (AvgIpc) is 3.49. The quantitative estimate of drug-likeness (QED) is 0.399. The second-order valence-corrected chi connectivity index (χ2v) is 10.2. The molecule has 0 bridgehead atoms. The van der Waals surface area contributed by atoms with Crippen molar-refractivity contribution in [1.82, 2.24) is 19.5 Å². The number of halogens is 2. The van der Waals surface area contributed by atoms with Crippen molar-refractivity contribution in [2.24, 2.45) is 0 Å². The summed E-state index contributed by atoms with van der Waals surface area (Å²) >= 11 is 0. The van der Waals surface area contributed by atoms with Gasteiger partial charge in [-0.15, -0.1) is 0 Å². The van der Waals surface area contributed by atoms with Crippen LogP contribution < -0.4 is 20.3 Å². The molecule has 0 aliphatic carbocycles. The lowest BCUT2D eigenvalue weighted by atomic mass is 9.89. The molecule has 2 aromatic heterocycles. The highest BCUT2D eigenvalue weighted by Gasteiger charge is 2.41. The maximum Gasteiger partial charge on any atom is 0.251 e. The second kappa shape index (κ2) is 10.2. The van der Waals surface area contributed by atoms with Crippen LogP contribution in [-0.2, 0) is 11.2 Å². The molecule has 12 heteroatoms. The molecule has 3 aromatic rings. The highest BCUT2D eigenvalue weighted by atomic mass is 19.3. The molecule has 1 spiro atoms. The Kier molecular flexibility index (Phi) is 6.70. The summed E-state index contributed by atoms with van der Waals surface area (Å²) in [5.74, 6) is 0.842. The summed E-state index contributed by atoms with van der Waals surface area (Å²) in [6.45, 7) is 3.41. The van der Waals surface area contributed by atoms with Crippen molar-refractivity contribution < 1.29 is 23.4 Å². The van der Waals surface area contributed by atoms with Crippen molar-refractivity contribution in [3.63, 3.8) is 0 Å². The number of nitrogens with one attached hydrogen (secondary N) is 2. The van der Waals surface area contributed by atoms with Gasteiger partial charge in [-0.3, -0.25) is 4.90 Å². The summed E-state index contributed by atoms with van der Waals surface area (Å²) in [4.78, 5) is 8.42. The van der Waals surface area contributed by atoms with E-state index in [1.807, 2.05) is 12.3 Å². The van der Waals surface area contributed by atoms with Crippen LogP contribution in [0, 0.1) is 0 Å². The van der Waals surface area contributed by atoms with E-state index in [-0.39, 0.29) is 12.1 Å². The summed E-state index contributed by atoms with van der Waals surface area (Å²) in [5, 5.41) is 21.9. The second-order valence-electron chi connectivity index (χ2n) is 10.2. The number of piperazine rings is 1. The van der Waals surface area contributed by atoms with Gasteiger partial charge in [0.05, 0.1) is 61.0 Å². The van der Waals surface area contributed by atoms with Gasteiger partial charge in [0.15, 0.2) is 11.9 Å². The third-order valence-corrected chi connectivity index (χ3v) is 7.79. The molecule has 0 saturated carbocycles. The monoisotopic (exact) mass is 529 g/mol. The van der Waals surface area contributed by atoms with Gasteiger partial charge in [0, 0.05) is 64.1 Å². The molecular formula is C26H33F2N7O3. The van der Waals surface area contributed by atoms with Gasteiger partial charge in [-0.2, -0.15) is 5.10 Å². The summed E-state index contributed by atoms with van der Waals surface area (Å²) in [5.41, 5.74) is 4.38. The van der Waals surface area contributed by atoms with Crippen molar-refractivity contribution >= 4 is 22.7 Å². The Balaban J connectivity index is 1.29. The number of hydrogen-bond donors (Lipinski definition) is 3. The smallest absolute Gasteiger partial charge is 0.251 e. The number of fused-ring (bicyclic) bond motifs is 2. The van der Waals surface area contributed by atoms with Crippen LogP contribution in [0.5, 0.6) is 5.75 Å². The SMILES string of the molecule is CNc1cnc2c(C(O)Nc3cc4c(cc3N3CCN(CC(F)F)CC3)OC3(CCOCC3)C4)cnn2c1. The number of aromatic nitrogens is 3. The van der Waals surface area contributed by atoms with Gasteiger partial charge in [0.1, 0.15) is 11.4 Å². The van der Waals surface area contributed by atoms with Crippen LogP contribution in [0.1, 0.15) is 30.2 Å². The van der Waals surface area contributed by atoms with Gasteiger partial charge in [-0.1, -0.05) is 0 Å². The molecule has 38 heavy (non-hydrogen) atoms. The fourth-order valence-electron chi connectivity index (χ4n) is 5.67. The number of rotatable bonds is 7. The zero-order chi connectivity index (χ0) is 26.3. The Morgan fingerprint density at radius 3 is 2.66 bits per heavy atom. The fourth-order valence-corrected chi connectivity index (χ4v) is 5.67. The lowest BCUT2D eigenvalue weighted by Crippen LogP contribution is -2.48. The molecule has 3 aliphatic rings. The molecule has 0 radical (unpaired) electrons. The Morgan fingerprint density at radius 1 is 1.13 bits per heavy atom. The predicted octanol–water partition coefficient (Wildman–Crippen LogP) is 2.75. The Morgan fingerprint density at radius 2 is 1.92 bits per heavy atom. The molecule has 10 nitrogen and oxygen atoms in total. The summed E-state index contributed by atoms with van der Waals surface area (Å²) in [6.07, 6.45) is 4.15. The minimum Gasteiger partial charge on any atom is -0.486 e. The van der Waals surface area contributed by atoms with Crippen molar-refractivity contribution in [1.29, 1.82) is 0 Å². The van der Waals surface area contributed by atoms with Gasteiger partial charge in [-0.05, 0) is 6.07 Å². The normalized spacial score (nSPS) is 20.1. The highest BCUT2D eigenvalue weighted by Crippen LogP contribution is 2.45. The molecule has 0 amide bonds. The summed E-state index contributed by atoms with van der Waals surface area (Å²) in [6, 6.07) is 4.09. The lowest BCUT2D eigenvalue weighted by molar-refractivity contribution is -0.0330. The molecule has 1 atom stereocenters. The minimum atomic E-state index is -2.35. The first-order valence-corrected chi connectivity index (χ1v) is 13.1.